The summed E-state index contributed by atoms with van der Waals surface area (Å²) in [5, 5.41) is 1.58. The number of aryl methyl sites for hydroxylation is 1. The summed E-state index contributed by atoms with van der Waals surface area (Å²) in [7, 11) is 1.68. The lowest BCUT2D eigenvalue weighted by molar-refractivity contribution is 0.187. The second kappa shape index (κ2) is 7.79. The Hall–Kier alpha value is -1.81. The Kier molecular flexibility index (Phi) is 5.15. The Morgan fingerprint density at radius 3 is 2.83 bits per heavy atom. The molecule has 0 spiro atoms. The van der Waals surface area contributed by atoms with Crippen LogP contribution in [0.3, 0.4) is 0 Å². The molecule has 2 aliphatic heterocycles. The van der Waals surface area contributed by atoms with Gasteiger partial charge in [0.15, 0.2) is 0 Å². The van der Waals surface area contributed by atoms with Gasteiger partial charge >= 0.3 is 0 Å². The van der Waals surface area contributed by atoms with Gasteiger partial charge in [-0.05, 0) is 66.3 Å². The van der Waals surface area contributed by atoms with Crippen molar-refractivity contribution in [3.8, 4) is 5.75 Å². The minimum Gasteiger partial charge on any atom is -0.497 e. The molecule has 3 nitrogen and oxygen atoms in total. The highest BCUT2D eigenvalue weighted by Crippen LogP contribution is 2.35. The molecule has 5 heteroatoms. The van der Waals surface area contributed by atoms with Crippen LogP contribution in [0.4, 0.5) is 0 Å². The number of fused-ring (bicyclic) bond motifs is 1. The van der Waals surface area contributed by atoms with E-state index in [1.165, 1.54) is 28.8 Å². The largest absolute Gasteiger partial charge is 0.497 e. The van der Waals surface area contributed by atoms with E-state index in [4.69, 9.17) is 32.9 Å². The molecule has 0 radical (unpaired) electrons. The monoisotopic (exact) mass is 426 g/mol. The number of nitrogens with zero attached hydrogens (tertiary/aromatic N) is 2. The molecule has 1 aliphatic carbocycles. The lowest BCUT2D eigenvalue weighted by atomic mass is 9.86. The van der Waals surface area contributed by atoms with Gasteiger partial charge in [-0.25, -0.2) is 0 Å². The van der Waals surface area contributed by atoms with E-state index in [1.807, 2.05) is 24.3 Å². The second-order valence-corrected chi connectivity index (χ2v) is 9.01. The first-order valence-corrected chi connectivity index (χ1v) is 11.0. The zero-order chi connectivity index (χ0) is 20.0. The third kappa shape index (κ3) is 3.72. The third-order valence-electron chi connectivity index (χ3n) is 6.46. The molecule has 150 valence electrons. The number of aliphatic imine (C=N–C) groups is 1. The third-order valence-corrected chi connectivity index (χ3v) is 7.02. The molecular formula is C24H24Cl2N2O. The van der Waals surface area contributed by atoms with Crippen molar-refractivity contribution in [2.75, 3.05) is 20.2 Å². The van der Waals surface area contributed by atoms with Crippen molar-refractivity contribution in [3.63, 3.8) is 0 Å². The van der Waals surface area contributed by atoms with E-state index in [0.717, 1.165) is 65.8 Å². The molecule has 0 N–H and O–H groups in total. The van der Waals surface area contributed by atoms with Crippen molar-refractivity contribution in [3.05, 3.63) is 74.4 Å². The van der Waals surface area contributed by atoms with E-state index in [-0.39, 0.29) is 0 Å². The van der Waals surface area contributed by atoms with E-state index in [1.54, 1.807) is 7.11 Å². The van der Waals surface area contributed by atoms with Gasteiger partial charge in [-0.1, -0.05) is 29.3 Å². The summed E-state index contributed by atoms with van der Waals surface area (Å²) in [6, 6.07) is 12.7. The Bertz CT molecular complexity index is 1030. The molecule has 0 saturated carbocycles. The fraction of sp³-hybridized carbons (Fsp3) is 0.375. The Labute approximate surface area is 182 Å². The summed E-state index contributed by atoms with van der Waals surface area (Å²) in [6.07, 6.45) is 5.34. The van der Waals surface area contributed by atoms with Crippen LogP contribution in [0.5, 0.6) is 5.75 Å². The first kappa shape index (κ1) is 19.2. The van der Waals surface area contributed by atoms with Gasteiger partial charge < -0.3 is 4.74 Å². The molecule has 0 amide bonds. The van der Waals surface area contributed by atoms with Crippen molar-refractivity contribution in [2.45, 2.75) is 38.1 Å². The predicted octanol–water partition coefficient (Wildman–Crippen LogP) is 5.71. The van der Waals surface area contributed by atoms with Gasteiger partial charge in [0.2, 0.25) is 0 Å². The van der Waals surface area contributed by atoms with E-state index in [0.29, 0.717) is 6.04 Å². The van der Waals surface area contributed by atoms with Crippen molar-refractivity contribution in [1.29, 1.82) is 0 Å². The van der Waals surface area contributed by atoms with Crippen LogP contribution < -0.4 is 4.74 Å². The molecule has 0 aromatic heterocycles. The van der Waals surface area contributed by atoms with Crippen LogP contribution in [-0.4, -0.2) is 36.9 Å². The standard InChI is InChI=1S/C24H24Cl2N2O/c1-29-20-6-7-22(26)21(13-20)24-12-17-14-28(9-8-23(17)27-24)19-5-3-15-2-4-18(25)10-16(15)11-19/h2,4,6-7,10,13,19H,3,5,8-9,11-12,14H2,1H3. The SMILES string of the molecule is COc1ccc(Cl)c(C2=NC3=C(C2)CN(C2CCc4ccc(Cl)cc4C2)CC3)c1. The van der Waals surface area contributed by atoms with Gasteiger partial charge in [0.25, 0.3) is 0 Å². The van der Waals surface area contributed by atoms with Crippen LogP contribution in [0, 0.1) is 0 Å². The van der Waals surface area contributed by atoms with Crippen molar-refractivity contribution in [1.82, 2.24) is 4.90 Å². The summed E-state index contributed by atoms with van der Waals surface area (Å²) in [5.41, 5.74) is 7.65. The minimum absolute atomic E-state index is 0.583. The van der Waals surface area contributed by atoms with Gasteiger partial charge in [0.05, 0.1) is 12.8 Å². The molecule has 29 heavy (non-hydrogen) atoms. The molecule has 2 aromatic rings. The average Bonchev–Trinajstić information content (AvgIpc) is 3.16. The van der Waals surface area contributed by atoms with Crippen LogP contribution in [0.25, 0.3) is 0 Å². The van der Waals surface area contributed by atoms with Gasteiger partial charge in [0.1, 0.15) is 5.75 Å². The molecule has 2 aromatic carbocycles. The number of benzene rings is 2. The van der Waals surface area contributed by atoms with Crippen LogP contribution in [0.15, 0.2) is 52.7 Å². The summed E-state index contributed by atoms with van der Waals surface area (Å²) >= 11 is 12.7. The fourth-order valence-corrected chi connectivity index (χ4v) is 5.30. The molecular weight excluding hydrogens is 403 g/mol. The zero-order valence-corrected chi connectivity index (χ0v) is 18.1. The Morgan fingerprint density at radius 1 is 1.07 bits per heavy atom. The normalized spacial score (nSPS) is 21.6. The lowest BCUT2D eigenvalue weighted by Crippen LogP contribution is -2.43. The Balaban J connectivity index is 1.30. The number of methoxy groups -OCH3 is 1. The highest BCUT2D eigenvalue weighted by molar-refractivity contribution is 6.34. The minimum atomic E-state index is 0.583. The fourth-order valence-electron chi connectivity index (χ4n) is 4.88. The molecule has 3 aliphatic rings. The van der Waals surface area contributed by atoms with Crippen LogP contribution in [0.2, 0.25) is 10.0 Å². The predicted molar refractivity (Wildman–Crippen MR) is 120 cm³/mol. The lowest BCUT2D eigenvalue weighted by Gasteiger charge is -2.37. The smallest absolute Gasteiger partial charge is 0.119 e. The van der Waals surface area contributed by atoms with Gasteiger partial charge in [-0.2, -0.15) is 0 Å². The summed E-state index contributed by atoms with van der Waals surface area (Å²) in [5.74, 6) is 0.818. The number of halogens is 2. The maximum Gasteiger partial charge on any atom is 0.119 e. The second-order valence-electron chi connectivity index (χ2n) is 8.16. The van der Waals surface area contributed by atoms with Crippen LogP contribution in [-0.2, 0) is 12.8 Å². The maximum absolute atomic E-state index is 6.47. The highest BCUT2D eigenvalue weighted by Gasteiger charge is 2.31. The number of rotatable bonds is 3. The van der Waals surface area contributed by atoms with E-state index in [9.17, 15) is 0 Å². The molecule has 0 fully saturated rings. The molecule has 5 rings (SSSR count). The molecule has 0 saturated heterocycles. The van der Waals surface area contributed by atoms with Gasteiger partial charge in [-0.15, -0.1) is 0 Å². The van der Waals surface area contributed by atoms with Gasteiger partial charge in [-0.3, -0.25) is 9.89 Å². The van der Waals surface area contributed by atoms with E-state index < -0.39 is 0 Å². The topological polar surface area (TPSA) is 24.8 Å². The highest BCUT2D eigenvalue weighted by atomic mass is 35.5. The maximum atomic E-state index is 6.47. The number of ether oxygens (including phenoxy) is 1. The summed E-state index contributed by atoms with van der Waals surface area (Å²) in [6.45, 7) is 2.08. The zero-order valence-electron chi connectivity index (χ0n) is 16.5. The number of hydrogen-bond acceptors (Lipinski definition) is 3. The summed E-state index contributed by atoms with van der Waals surface area (Å²) in [4.78, 5) is 7.60. The van der Waals surface area contributed by atoms with Crippen LogP contribution >= 0.6 is 23.2 Å². The quantitative estimate of drug-likeness (QED) is 0.627. The van der Waals surface area contributed by atoms with Gasteiger partial charge in [0, 0.05) is 53.3 Å². The van der Waals surface area contributed by atoms with Crippen LogP contribution in [0.1, 0.15) is 36.0 Å². The first-order valence-electron chi connectivity index (χ1n) is 10.2. The number of hydrogen-bond donors (Lipinski definition) is 0. The molecule has 1 atom stereocenters. The average molecular weight is 427 g/mol. The molecule has 2 heterocycles. The first-order chi connectivity index (χ1) is 14.1. The molecule has 1 unspecified atom stereocenters. The van der Waals surface area contributed by atoms with Crippen molar-refractivity contribution in [2.24, 2.45) is 4.99 Å². The van der Waals surface area contributed by atoms with E-state index >= 15 is 0 Å². The Morgan fingerprint density at radius 2 is 1.97 bits per heavy atom. The van der Waals surface area contributed by atoms with Crippen molar-refractivity contribution >= 4 is 28.9 Å². The van der Waals surface area contributed by atoms with Crippen molar-refractivity contribution < 1.29 is 4.74 Å². The van der Waals surface area contributed by atoms with E-state index in [2.05, 4.69) is 17.0 Å². The summed E-state index contributed by atoms with van der Waals surface area (Å²) < 4.78 is 5.38. The molecule has 0 bridgehead atoms.